The number of morpholine rings is 1. The van der Waals surface area contributed by atoms with E-state index < -0.39 is 5.97 Å². The molecule has 6 heteroatoms. The highest BCUT2D eigenvalue weighted by molar-refractivity contribution is 5.68. The number of carbonyl (C=O) groups is 1. The normalized spacial score (nSPS) is 19.3. The number of aromatic nitrogens is 1. The van der Waals surface area contributed by atoms with Crippen molar-refractivity contribution in [2.75, 3.05) is 24.7 Å². The van der Waals surface area contributed by atoms with E-state index >= 15 is 0 Å². The molecule has 0 saturated carbocycles. The van der Waals surface area contributed by atoms with Gasteiger partial charge in [-0.05, 0) is 12.1 Å². The Labute approximate surface area is 104 Å². The first-order valence-corrected chi connectivity index (χ1v) is 5.63. The lowest BCUT2D eigenvalue weighted by Gasteiger charge is -2.36. The quantitative estimate of drug-likeness (QED) is 0.843. The molecule has 0 spiro atoms. The van der Waals surface area contributed by atoms with Gasteiger partial charge < -0.3 is 14.7 Å². The summed E-state index contributed by atoms with van der Waals surface area (Å²) in [6, 6.07) is 5.17. The Balaban J connectivity index is 2.17. The van der Waals surface area contributed by atoms with E-state index in [2.05, 4.69) is 4.98 Å². The molecule has 0 aliphatic carbocycles. The van der Waals surface area contributed by atoms with Crippen molar-refractivity contribution in [1.82, 2.24) is 4.98 Å². The molecule has 1 saturated heterocycles. The van der Waals surface area contributed by atoms with Gasteiger partial charge in [-0.25, -0.2) is 4.98 Å². The third kappa shape index (κ3) is 2.76. The number of hydrogen-bond donors (Lipinski definition) is 1. The first-order valence-electron chi connectivity index (χ1n) is 5.63. The van der Waals surface area contributed by atoms with Crippen LogP contribution in [0.5, 0.6) is 0 Å². The number of rotatable bonds is 3. The van der Waals surface area contributed by atoms with Gasteiger partial charge in [-0.1, -0.05) is 0 Å². The number of aliphatic carboxylic acids is 1. The minimum Gasteiger partial charge on any atom is -0.481 e. The van der Waals surface area contributed by atoms with Crippen LogP contribution in [-0.2, 0) is 9.53 Å². The monoisotopic (exact) mass is 247 g/mol. The molecular weight excluding hydrogens is 234 g/mol. The Morgan fingerprint density at radius 1 is 1.67 bits per heavy atom. The van der Waals surface area contributed by atoms with E-state index in [1.165, 1.54) is 0 Å². The number of anilines is 1. The molecule has 0 aromatic carbocycles. The number of hydrogen-bond acceptors (Lipinski definition) is 5. The van der Waals surface area contributed by atoms with E-state index in [1.807, 2.05) is 11.0 Å². The zero-order valence-electron chi connectivity index (χ0n) is 9.74. The maximum absolute atomic E-state index is 10.8. The molecule has 2 heterocycles. The molecule has 1 aliphatic rings. The zero-order valence-corrected chi connectivity index (χ0v) is 9.74. The Bertz CT molecular complexity index is 466. The minimum atomic E-state index is -0.850. The van der Waals surface area contributed by atoms with Crippen molar-refractivity contribution in [3.8, 4) is 6.07 Å². The van der Waals surface area contributed by atoms with Crippen molar-refractivity contribution in [3.63, 3.8) is 0 Å². The summed E-state index contributed by atoms with van der Waals surface area (Å²) >= 11 is 0. The van der Waals surface area contributed by atoms with Crippen LogP contribution in [0, 0.1) is 11.3 Å². The smallest absolute Gasteiger partial charge is 0.305 e. The van der Waals surface area contributed by atoms with Crippen LogP contribution in [0.1, 0.15) is 12.1 Å². The summed E-state index contributed by atoms with van der Waals surface area (Å²) in [5.74, 6) is -0.850. The summed E-state index contributed by atoms with van der Waals surface area (Å²) in [6.45, 7) is 1.59. The molecule has 1 fully saturated rings. The summed E-state index contributed by atoms with van der Waals surface area (Å²) < 4.78 is 5.30. The third-order valence-electron chi connectivity index (χ3n) is 2.83. The van der Waals surface area contributed by atoms with Gasteiger partial charge in [0.1, 0.15) is 11.8 Å². The van der Waals surface area contributed by atoms with Crippen molar-refractivity contribution in [3.05, 3.63) is 24.0 Å². The fourth-order valence-electron chi connectivity index (χ4n) is 1.99. The highest BCUT2D eigenvalue weighted by Gasteiger charge is 2.25. The van der Waals surface area contributed by atoms with Gasteiger partial charge in [-0.2, -0.15) is 5.26 Å². The van der Waals surface area contributed by atoms with Crippen LogP contribution in [0.3, 0.4) is 0 Å². The largest absolute Gasteiger partial charge is 0.481 e. The van der Waals surface area contributed by atoms with Crippen LogP contribution in [-0.4, -0.2) is 41.9 Å². The van der Waals surface area contributed by atoms with E-state index in [0.29, 0.717) is 25.5 Å². The molecule has 0 bridgehead atoms. The lowest BCUT2D eigenvalue weighted by Crippen LogP contribution is -2.46. The van der Waals surface area contributed by atoms with Crippen LogP contribution < -0.4 is 4.90 Å². The predicted molar refractivity (Wildman–Crippen MR) is 63.2 cm³/mol. The van der Waals surface area contributed by atoms with Gasteiger partial charge in [0.25, 0.3) is 0 Å². The van der Waals surface area contributed by atoms with E-state index in [-0.39, 0.29) is 12.5 Å². The topological polar surface area (TPSA) is 86.5 Å². The molecule has 1 aromatic heterocycles. The molecule has 0 radical (unpaired) electrons. The van der Waals surface area contributed by atoms with Gasteiger partial charge in [-0.15, -0.1) is 0 Å². The Hall–Kier alpha value is -2.13. The van der Waals surface area contributed by atoms with E-state index in [1.54, 1.807) is 18.3 Å². The molecule has 1 atom stereocenters. The molecule has 0 amide bonds. The SMILES string of the molecule is N#Cc1ccc(N2CCOCC2CC(=O)O)cn1. The Morgan fingerprint density at radius 2 is 2.50 bits per heavy atom. The van der Waals surface area contributed by atoms with Gasteiger partial charge in [0, 0.05) is 6.54 Å². The van der Waals surface area contributed by atoms with Gasteiger partial charge in [-0.3, -0.25) is 4.79 Å². The molecule has 18 heavy (non-hydrogen) atoms. The Morgan fingerprint density at radius 3 is 3.11 bits per heavy atom. The number of nitriles is 1. The number of pyridine rings is 1. The van der Waals surface area contributed by atoms with Crippen LogP contribution in [0.25, 0.3) is 0 Å². The first-order chi connectivity index (χ1) is 8.70. The molecule has 6 nitrogen and oxygen atoms in total. The van der Waals surface area contributed by atoms with E-state index in [9.17, 15) is 4.79 Å². The van der Waals surface area contributed by atoms with Crippen molar-refractivity contribution < 1.29 is 14.6 Å². The van der Waals surface area contributed by atoms with Crippen molar-refractivity contribution in [2.45, 2.75) is 12.5 Å². The molecule has 1 unspecified atom stereocenters. The lowest BCUT2D eigenvalue weighted by molar-refractivity contribution is -0.138. The van der Waals surface area contributed by atoms with Gasteiger partial charge in [0.05, 0.1) is 37.6 Å². The van der Waals surface area contributed by atoms with Crippen molar-refractivity contribution in [1.29, 1.82) is 5.26 Å². The Kier molecular flexibility index (Phi) is 3.75. The maximum atomic E-state index is 10.8. The zero-order chi connectivity index (χ0) is 13.0. The summed E-state index contributed by atoms with van der Waals surface area (Å²) in [5, 5.41) is 17.6. The maximum Gasteiger partial charge on any atom is 0.305 e. The number of carboxylic acid groups (broad SMARTS) is 1. The van der Waals surface area contributed by atoms with Crippen LogP contribution >= 0.6 is 0 Å². The fourth-order valence-corrected chi connectivity index (χ4v) is 1.99. The fraction of sp³-hybridized carbons (Fsp3) is 0.417. The van der Waals surface area contributed by atoms with Gasteiger partial charge >= 0.3 is 5.97 Å². The molecule has 94 valence electrons. The van der Waals surface area contributed by atoms with Crippen LogP contribution in [0.2, 0.25) is 0 Å². The highest BCUT2D eigenvalue weighted by Crippen LogP contribution is 2.20. The van der Waals surface area contributed by atoms with Crippen LogP contribution in [0.15, 0.2) is 18.3 Å². The molecule has 1 aliphatic heterocycles. The molecular formula is C12H13N3O3. The summed E-state index contributed by atoms with van der Waals surface area (Å²) in [4.78, 5) is 16.8. The molecule has 1 N–H and O–H groups in total. The number of carboxylic acids is 1. The van der Waals surface area contributed by atoms with Crippen molar-refractivity contribution >= 4 is 11.7 Å². The second kappa shape index (κ2) is 5.47. The standard InChI is InChI=1S/C12H13N3O3/c13-6-9-1-2-10(7-14-9)15-3-4-18-8-11(15)5-12(16)17/h1-2,7,11H,3-5,8H2,(H,16,17). The molecule has 1 aromatic rings. The number of ether oxygens (including phenoxy) is 1. The second-order valence-electron chi connectivity index (χ2n) is 4.03. The summed E-state index contributed by atoms with van der Waals surface area (Å²) in [5.41, 5.74) is 1.17. The van der Waals surface area contributed by atoms with E-state index in [4.69, 9.17) is 15.1 Å². The average molecular weight is 247 g/mol. The van der Waals surface area contributed by atoms with Gasteiger partial charge in [0.15, 0.2) is 0 Å². The average Bonchev–Trinajstić information content (AvgIpc) is 2.39. The number of nitrogens with zero attached hydrogens (tertiary/aromatic N) is 3. The van der Waals surface area contributed by atoms with Crippen LogP contribution in [0.4, 0.5) is 5.69 Å². The van der Waals surface area contributed by atoms with Gasteiger partial charge in [0.2, 0.25) is 0 Å². The van der Waals surface area contributed by atoms with Crippen molar-refractivity contribution in [2.24, 2.45) is 0 Å². The van der Waals surface area contributed by atoms with E-state index in [0.717, 1.165) is 5.69 Å². The lowest BCUT2D eigenvalue weighted by atomic mass is 10.1. The third-order valence-corrected chi connectivity index (χ3v) is 2.83. The molecule has 2 rings (SSSR count). The second-order valence-corrected chi connectivity index (χ2v) is 4.03. The first kappa shape index (κ1) is 12.3. The minimum absolute atomic E-state index is 0.0278. The summed E-state index contributed by atoms with van der Waals surface area (Å²) in [7, 11) is 0. The summed E-state index contributed by atoms with van der Waals surface area (Å²) in [6.07, 6.45) is 1.62. The predicted octanol–water partition coefficient (Wildman–Crippen LogP) is 0.633. The highest BCUT2D eigenvalue weighted by atomic mass is 16.5.